The van der Waals surface area contributed by atoms with Gasteiger partial charge in [0.2, 0.25) is 5.88 Å². The lowest BCUT2D eigenvalue weighted by molar-refractivity contribution is 0.291. The van der Waals surface area contributed by atoms with Crippen molar-refractivity contribution in [3.8, 4) is 5.88 Å². The molecule has 2 aromatic heterocycles. The molecule has 0 aliphatic heterocycles. The van der Waals surface area contributed by atoms with Gasteiger partial charge in [-0.1, -0.05) is 19.9 Å². The third kappa shape index (κ3) is 4.13. The van der Waals surface area contributed by atoms with Crippen molar-refractivity contribution >= 4 is 11.3 Å². The Morgan fingerprint density at radius 1 is 1.39 bits per heavy atom. The summed E-state index contributed by atoms with van der Waals surface area (Å²) in [6, 6.07) is 4.68. The van der Waals surface area contributed by atoms with Gasteiger partial charge in [0.15, 0.2) is 0 Å². The second-order valence-electron chi connectivity index (χ2n) is 6.28. The number of methoxy groups -OCH3 is 1. The molecule has 23 heavy (non-hydrogen) atoms. The molecule has 6 heteroatoms. The summed E-state index contributed by atoms with van der Waals surface area (Å²) >= 11 is 1.80. The maximum atomic E-state index is 5.54. The summed E-state index contributed by atoms with van der Waals surface area (Å²) in [4.78, 5) is 3.63. The van der Waals surface area contributed by atoms with E-state index < -0.39 is 0 Å². The van der Waals surface area contributed by atoms with Crippen LogP contribution >= 0.6 is 11.3 Å². The molecule has 0 bridgehead atoms. The van der Waals surface area contributed by atoms with E-state index in [2.05, 4.69) is 60.8 Å². The SMILES string of the molecule is COc1c(CNC[C@@H](c2cccs2)N(C)C)c(C(C)C)nn1C. The summed E-state index contributed by atoms with van der Waals surface area (Å²) in [5, 5.41) is 10.3. The Morgan fingerprint density at radius 3 is 2.65 bits per heavy atom. The van der Waals surface area contributed by atoms with Crippen LogP contribution in [0.3, 0.4) is 0 Å². The number of aryl methyl sites for hydroxylation is 1. The van der Waals surface area contributed by atoms with E-state index in [-0.39, 0.29) is 0 Å². The van der Waals surface area contributed by atoms with E-state index in [1.54, 1.807) is 18.4 Å². The Kier molecular flexibility index (Phi) is 6.21. The van der Waals surface area contributed by atoms with Crippen LogP contribution in [0, 0.1) is 0 Å². The van der Waals surface area contributed by atoms with E-state index in [4.69, 9.17) is 4.74 Å². The number of ether oxygens (including phenoxy) is 1. The summed E-state index contributed by atoms with van der Waals surface area (Å²) in [6.45, 7) is 5.99. The van der Waals surface area contributed by atoms with Gasteiger partial charge in [-0.15, -0.1) is 11.3 Å². The molecule has 1 atom stereocenters. The highest BCUT2D eigenvalue weighted by Gasteiger charge is 2.20. The second-order valence-corrected chi connectivity index (χ2v) is 7.26. The zero-order valence-corrected chi connectivity index (χ0v) is 15.8. The Morgan fingerprint density at radius 2 is 2.13 bits per heavy atom. The zero-order chi connectivity index (χ0) is 17.0. The quantitative estimate of drug-likeness (QED) is 0.805. The molecule has 0 radical (unpaired) electrons. The van der Waals surface area contributed by atoms with E-state index in [0.717, 1.165) is 30.2 Å². The fourth-order valence-corrected chi connectivity index (χ4v) is 3.73. The van der Waals surface area contributed by atoms with Crippen molar-refractivity contribution in [3.63, 3.8) is 0 Å². The van der Waals surface area contributed by atoms with Crippen LogP contribution in [-0.2, 0) is 13.6 Å². The molecule has 0 aliphatic carbocycles. The summed E-state index contributed by atoms with van der Waals surface area (Å²) < 4.78 is 7.36. The molecule has 2 aromatic rings. The maximum Gasteiger partial charge on any atom is 0.216 e. The van der Waals surface area contributed by atoms with Crippen molar-refractivity contribution in [2.75, 3.05) is 27.7 Å². The molecule has 5 nitrogen and oxygen atoms in total. The summed E-state index contributed by atoms with van der Waals surface area (Å²) in [5.74, 6) is 1.22. The van der Waals surface area contributed by atoms with Crippen LogP contribution in [0.2, 0.25) is 0 Å². The average Bonchev–Trinajstić information content (AvgIpc) is 3.11. The third-order valence-corrected chi connectivity index (χ3v) is 4.97. The second kappa shape index (κ2) is 7.95. The minimum Gasteiger partial charge on any atom is -0.481 e. The lowest BCUT2D eigenvalue weighted by atomic mass is 10.1. The lowest BCUT2D eigenvalue weighted by Crippen LogP contribution is -2.30. The maximum absolute atomic E-state index is 5.54. The zero-order valence-electron chi connectivity index (χ0n) is 15.0. The number of nitrogens with one attached hydrogen (secondary N) is 1. The van der Waals surface area contributed by atoms with Crippen molar-refractivity contribution in [1.29, 1.82) is 0 Å². The van der Waals surface area contributed by atoms with Gasteiger partial charge in [-0.05, 0) is 31.5 Å². The number of hydrogen-bond donors (Lipinski definition) is 1. The molecule has 1 N–H and O–H groups in total. The minimum absolute atomic E-state index is 0.375. The van der Waals surface area contributed by atoms with Crippen molar-refractivity contribution in [3.05, 3.63) is 33.6 Å². The number of hydrogen-bond acceptors (Lipinski definition) is 5. The summed E-state index contributed by atoms with van der Waals surface area (Å²) in [5.41, 5.74) is 2.27. The number of likely N-dealkylation sites (N-methyl/N-ethyl adjacent to an activating group) is 1. The molecule has 2 rings (SSSR count). The molecule has 0 saturated carbocycles. The molecule has 0 spiro atoms. The molecule has 0 amide bonds. The van der Waals surface area contributed by atoms with Crippen LogP contribution in [0.1, 0.15) is 41.9 Å². The number of thiophene rings is 1. The number of nitrogens with zero attached hydrogens (tertiary/aromatic N) is 3. The first-order valence-corrected chi connectivity index (χ1v) is 8.84. The first-order chi connectivity index (χ1) is 11.0. The van der Waals surface area contributed by atoms with E-state index >= 15 is 0 Å². The van der Waals surface area contributed by atoms with Gasteiger partial charge in [-0.25, -0.2) is 4.68 Å². The van der Waals surface area contributed by atoms with Crippen LogP contribution in [0.4, 0.5) is 0 Å². The van der Waals surface area contributed by atoms with Gasteiger partial charge in [-0.3, -0.25) is 0 Å². The van der Waals surface area contributed by atoms with E-state index in [9.17, 15) is 0 Å². The predicted octanol–water partition coefficient (Wildman–Crippen LogP) is 3.01. The standard InChI is InChI=1S/C17H28N4OS/c1-12(2)16-13(17(22-6)21(5)19-16)10-18-11-14(20(3)4)15-8-7-9-23-15/h7-9,12,14,18H,10-11H2,1-6H3/t14-/m0/s1. The highest BCUT2D eigenvalue weighted by molar-refractivity contribution is 7.10. The average molecular weight is 337 g/mol. The lowest BCUT2D eigenvalue weighted by Gasteiger charge is -2.23. The fraction of sp³-hybridized carbons (Fsp3) is 0.588. The number of aromatic nitrogens is 2. The normalized spacial score (nSPS) is 13.0. The molecule has 0 aromatic carbocycles. The highest BCUT2D eigenvalue weighted by Crippen LogP contribution is 2.27. The van der Waals surface area contributed by atoms with Crippen LogP contribution < -0.4 is 10.1 Å². The van der Waals surface area contributed by atoms with Crippen LogP contribution in [0.25, 0.3) is 0 Å². The Hall–Kier alpha value is -1.37. The monoisotopic (exact) mass is 336 g/mol. The Balaban J connectivity index is 2.08. The molecular weight excluding hydrogens is 308 g/mol. The fourth-order valence-electron chi connectivity index (χ4n) is 2.81. The predicted molar refractivity (Wildman–Crippen MR) is 96.3 cm³/mol. The smallest absolute Gasteiger partial charge is 0.216 e. The molecule has 128 valence electrons. The first-order valence-electron chi connectivity index (χ1n) is 7.96. The van der Waals surface area contributed by atoms with Crippen LogP contribution in [0.5, 0.6) is 5.88 Å². The molecule has 0 fully saturated rings. The van der Waals surface area contributed by atoms with E-state index in [1.807, 2.05) is 11.7 Å². The van der Waals surface area contributed by atoms with Gasteiger partial charge < -0.3 is 15.0 Å². The molecule has 0 saturated heterocycles. The first kappa shape index (κ1) is 18.0. The van der Waals surface area contributed by atoms with Gasteiger partial charge in [0.05, 0.1) is 24.4 Å². The minimum atomic E-state index is 0.375. The molecule has 2 heterocycles. The van der Waals surface area contributed by atoms with Crippen molar-refractivity contribution in [2.24, 2.45) is 7.05 Å². The van der Waals surface area contributed by atoms with E-state index in [0.29, 0.717) is 12.0 Å². The van der Waals surface area contributed by atoms with Crippen molar-refractivity contribution < 1.29 is 4.74 Å². The summed E-state index contributed by atoms with van der Waals surface area (Å²) in [7, 11) is 7.88. The van der Waals surface area contributed by atoms with Gasteiger partial charge in [-0.2, -0.15) is 5.10 Å². The van der Waals surface area contributed by atoms with Crippen LogP contribution in [-0.4, -0.2) is 42.4 Å². The van der Waals surface area contributed by atoms with Gasteiger partial charge in [0.1, 0.15) is 0 Å². The van der Waals surface area contributed by atoms with Crippen molar-refractivity contribution in [1.82, 2.24) is 20.0 Å². The van der Waals surface area contributed by atoms with E-state index in [1.165, 1.54) is 4.88 Å². The van der Waals surface area contributed by atoms with Gasteiger partial charge in [0.25, 0.3) is 0 Å². The Labute approximate surface area is 143 Å². The topological polar surface area (TPSA) is 42.3 Å². The Bertz CT molecular complexity index is 604. The largest absolute Gasteiger partial charge is 0.481 e. The highest BCUT2D eigenvalue weighted by atomic mass is 32.1. The van der Waals surface area contributed by atoms with Gasteiger partial charge in [0, 0.05) is 25.0 Å². The van der Waals surface area contributed by atoms with Crippen LogP contribution in [0.15, 0.2) is 17.5 Å². The molecule has 0 unspecified atom stereocenters. The molecule has 0 aliphatic rings. The van der Waals surface area contributed by atoms with Crippen molar-refractivity contribution in [2.45, 2.75) is 32.4 Å². The third-order valence-electron chi connectivity index (χ3n) is 3.99. The van der Waals surface area contributed by atoms with Gasteiger partial charge >= 0.3 is 0 Å². The molecular formula is C17H28N4OS. The number of rotatable bonds is 8. The summed E-state index contributed by atoms with van der Waals surface area (Å²) in [6.07, 6.45) is 0.